The lowest BCUT2D eigenvalue weighted by molar-refractivity contribution is -0.114. The van der Waals surface area contributed by atoms with Crippen LogP contribution in [0, 0.1) is 0 Å². The average molecular weight is 519 g/mol. The Bertz CT molecular complexity index is 1230. The summed E-state index contributed by atoms with van der Waals surface area (Å²) in [5, 5.41) is 8.22. The maximum Gasteiger partial charge on any atom is 0.289 e. The first-order valence-corrected chi connectivity index (χ1v) is 11.2. The third-order valence-corrected chi connectivity index (χ3v) is 5.41. The summed E-state index contributed by atoms with van der Waals surface area (Å²) in [4.78, 5) is 25.1. The second kappa shape index (κ2) is 9.93. The number of hydrogen-bond donors (Lipinski definition) is 1. The van der Waals surface area contributed by atoms with E-state index in [1.54, 1.807) is 43.3 Å². The fourth-order valence-electron chi connectivity index (χ4n) is 3.15. The number of carbonyl (C=O) groups excluding carboxylic acids is 2. The van der Waals surface area contributed by atoms with E-state index in [9.17, 15) is 9.59 Å². The molecule has 0 spiro atoms. The van der Waals surface area contributed by atoms with Gasteiger partial charge >= 0.3 is 0 Å². The Kier molecular flexibility index (Phi) is 6.97. The number of furan rings is 1. The molecule has 3 aromatic rings. The fourth-order valence-corrected chi connectivity index (χ4v) is 3.45. The molecule has 1 N–H and O–H groups in total. The molecule has 0 aliphatic carbocycles. The fraction of sp³-hybridized carbons (Fsp3) is 0.125. The van der Waals surface area contributed by atoms with Gasteiger partial charge in [0.15, 0.2) is 5.76 Å². The molecule has 0 saturated heterocycles. The standard InChI is InChI=1S/C24H18Cl3N3O4/c1-15-19(22(32)30(29-15)17-6-3-2-4-7-17)14-16-9-11-18(12-10-16)34-23(24(25,26)27)28-21(31)20-8-5-13-33-20/h2-14,23H,1H3,(H,28,31). The van der Waals surface area contributed by atoms with Crippen molar-refractivity contribution in [2.45, 2.75) is 16.9 Å². The highest BCUT2D eigenvalue weighted by Crippen LogP contribution is 2.32. The first-order valence-electron chi connectivity index (χ1n) is 10.1. The van der Waals surface area contributed by atoms with E-state index < -0.39 is 15.9 Å². The summed E-state index contributed by atoms with van der Waals surface area (Å²) in [6.07, 6.45) is 1.80. The number of hydrazone groups is 1. The Hall–Kier alpha value is -3.26. The topological polar surface area (TPSA) is 84.1 Å². The maximum absolute atomic E-state index is 12.9. The monoisotopic (exact) mass is 517 g/mol. The zero-order chi connectivity index (χ0) is 24.3. The van der Waals surface area contributed by atoms with Gasteiger partial charge < -0.3 is 14.5 Å². The van der Waals surface area contributed by atoms with Gasteiger partial charge in [0.2, 0.25) is 10.0 Å². The van der Waals surface area contributed by atoms with E-state index >= 15 is 0 Å². The van der Waals surface area contributed by atoms with Crippen molar-refractivity contribution in [1.29, 1.82) is 0 Å². The highest BCUT2D eigenvalue weighted by Gasteiger charge is 2.37. The molecule has 0 radical (unpaired) electrons. The molecule has 2 aromatic carbocycles. The number of halogens is 3. The molecule has 1 aliphatic heterocycles. The number of alkyl halides is 3. The Labute approximate surface area is 210 Å². The van der Waals surface area contributed by atoms with Crippen LogP contribution in [0.2, 0.25) is 0 Å². The third kappa shape index (κ3) is 5.44. The molecular weight excluding hydrogens is 501 g/mol. The van der Waals surface area contributed by atoms with Crippen LogP contribution >= 0.6 is 34.8 Å². The van der Waals surface area contributed by atoms with E-state index in [1.165, 1.54) is 17.3 Å². The predicted octanol–water partition coefficient (Wildman–Crippen LogP) is 5.59. The molecule has 2 heterocycles. The lowest BCUT2D eigenvalue weighted by Crippen LogP contribution is -2.47. The summed E-state index contributed by atoms with van der Waals surface area (Å²) in [5.41, 5.74) is 2.51. The predicted molar refractivity (Wildman–Crippen MR) is 132 cm³/mol. The molecule has 1 aliphatic rings. The van der Waals surface area contributed by atoms with E-state index in [0.717, 1.165) is 5.56 Å². The quantitative estimate of drug-likeness (QED) is 0.262. The van der Waals surface area contributed by atoms with Crippen LogP contribution in [0.4, 0.5) is 5.69 Å². The van der Waals surface area contributed by atoms with Crippen molar-refractivity contribution in [2.75, 3.05) is 5.01 Å². The number of amides is 2. The lowest BCUT2D eigenvalue weighted by Gasteiger charge is -2.26. The minimum Gasteiger partial charge on any atom is -0.466 e. The summed E-state index contributed by atoms with van der Waals surface area (Å²) >= 11 is 18.0. The smallest absolute Gasteiger partial charge is 0.289 e. The molecule has 0 saturated carbocycles. The Morgan fingerprint density at radius 2 is 1.79 bits per heavy atom. The number of rotatable bonds is 6. The number of anilines is 1. The number of para-hydroxylation sites is 1. The number of benzene rings is 2. The van der Waals surface area contributed by atoms with Gasteiger partial charge in [0.05, 0.1) is 23.2 Å². The molecular formula is C24H18Cl3N3O4. The molecule has 34 heavy (non-hydrogen) atoms. The van der Waals surface area contributed by atoms with Crippen molar-refractivity contribution in [3.05, 3.63) is 89.9 Å². The summed E-state index contributed by atoms with van der Waals surface area (Å²) in [6, 6.07) is 19.0. The second-order valence-electron chi connectivity index (χ2n) is 7.26. The molecule has 0 bridgehead atoms. The second-order valence-corrected chi connectivity index (χ2v) is 9.62. The average Bonchev–Trinajstić information content (AvgIpc) is 3.44. The SMILES string of the molecule is CC1=NN(c2ccccc2)C(=O)C1=Cc1ccc(OC(NC(=O)c2ccco2)C(Cl)(Cl)Cl)cc1. The number of hydrogen-bond acceptors (Lipinski definition) is 5. The first-order chi connectivity index (χ1) is 16.2. The number of carbonyl (C=O) groups is 2. The van der Waals surface area contributed by atoms with Gasteiger partial charge in [0.1, 0.15) is 5.75 Å². The number of nitrogens with one attached hydrogen (secondary N) is 1. The van der Waals surface area contributed by atoms with Crippen molar-refractivity contribution in [2.24, 2.45) is 5.10 Å². The van der Waals surface area contributed by atoms with Crippen LogP contribution < -0.4 is 15.1 Å². The molecule has 4 rings (SSSR count). The molecule has 174 valence electrons. The molecule has 7 nitrogen and oxygen atoms in total. The summed E-state index contributed by atoms with van der Waals surface area (Å²) in [5.74, 6) is -0.430. The van der Waals surface area contributed by atoms with Crippen LogP contribution in [0.15, 0.2) is 88.1 Å². The zero-order valence-electron chi connectivity index (χ0n) is 17.7. The van der Waals surface area contributed by atoms with Crippen LogP contribution in [0.5, 0.6) is 5.75 Å². The molecule has 0 fully saturated rings. The zero-order valence-corrected chi connectivity index (χ0v) is 20.0. The molecule has 1 aromatic heterocycles. The maximum atomic E-state index is 12.9. The van der Waals surface area contributed by atoms with Crippen molar-refractivity contribution in [1.82, 2.24) is 5.32 Å². The van der Waals surface area contributed by atoms with Crippen LogP contribution in [0.3, 0.4) is 0 Å². The third-order valence-electron chi connectivity index (χ3n) is 4.81. The van der Waals surface area contributed by atoms with Crippen LogP contribution in [-0.4, -0.2) is 27.5 Å². The first kappa shape index (κ1) is 23.9. The van der Waals surface area contributed by atoms with Gasteiger partial charge in [-0.3, -0.25) is 9.59 Å². The van der Waals surface area contributed by atoms with Gasteiger partial charge in [-0.05, 0) is 55.0 Å². The normalized spacial score (nSPS) is 15.9. The Morgan fingerprint density at radius 1 is 1.09 bits per heavy atom. The Balaban J connectivity index is 1.48. The van der Waals surface area contributed by atoms with Gasteiger partial charge in [0, 0.05) is 0 Å². The van der Waals surface area contributed by atoms with Crippen LogP contribution in [-0.2, 0) is 4.79 Å². The van der Waals surface area contributed by atoms with Gasteiger partial charge in [-0.1, -0.05) is 65.1 Å². The van der Waals surface area contributed by atoms with Crippen molar-refractivity contribution in [3.63, 3.8) is 0 Å². The van der Waals surface area contributed by atoms with E-state index in [1.807, 2.05) is 30.3 Å². The summed E-state index contributed by atoms with van der Waals surface area (Å²) < 4.78 is 8.80. The van der Waals surface area contributed by atoms with Crippen molar-refractivity contribution in [3.8, 4) is 5.75 Å². The lowest BCUT2D eigenvalue weighted by atomic mass is 10.1. The van der Waals surface area contributed by atoms with E-state index in [-0.39, 0.29) is 11.7 Å². The van der Waals surface area contributed by atoms with Crippen molar-refractivity contribution < 1.29 is 18.7 Å². The summed E-state index contributed by atoms with van der Waals surface area (Å²) in [6.45, 7) is 1.78. The molecule has 1 unspecified atom stereocenters. The molecule has 2 amide bonds. The van der Waals surface area contributed by atoms with Crippen LogP contribution in [0.1, 0.15) is 23.0 Å². The van der Waals surface area contributed by atoms with E-state index in [2.05, 4.69) is 10.4 Å². The largest absolute Gasteiger partial charge is 0.466 e. The number of nitrogens with zero attached hydrogens (tertiary/aromatic N) is 2. The highest BCUT2D eigenvalue weighted by molar-refractivity contribution is 6.68. The van der Waals surface area contributed by atoms with Gasteiger partial charge in [0.25, 0.3) is 11.8 Å². The highest BCUT2D eigenvalue weighted by atomic mass is 35.6. The minimum atomic E-state index is -1.95. The van der Waals surface area contributed by atoms with Gasteiger partial charge in [-0.25, -0.2) is 0 Å². The minimum absolute atomic E-state index is 0.0487. The van der Waals surface area contributed by atoms with Gasteiger partial charge in [-0.15, -0.1) is 0 Å². The number of ether oxygens (including phenoxy) is 1. The Morgan fingerprint density at radius 3 is 2.41 bits per heavy atom. The van der Waals surface area contributed by atoms with Crippen LogP contribution in [0.25, 0.3) is 6.08 Å². The molecule has 1 atom stereocenters. The van der Waals surface area contributed by atoms with Gasteiger partial charge in [-0.2, -0.15) is 10.1 Å². The molecule has 10 heteroatoms. The van der Waals surface area contributed by atoms with Crippen molar-refractivity contribution >= 4 is 64.1 Å². The summed E-state index contributed by atoms with van der Waals surface area (Å²) in [7, 11) is 0. The van der Waals surface area contributed by atoms with E-state index in [4.69, 9.17) is 44.0 Å². The van der Waals surface area contributed by atoms with E-state index in [0.29, 0.717) is 22.7 Å².